The summed E-state index contributed by atoms with van der Waals surface area (Å²) in [6.45, 7) is 8.78. The average Bonchev–Trinajstić information content (AvgIpc) is 3.31. The minimum absolute atomic E-state index is 0.104. The van der Waals surface area contributed by atoms with Gasteiger partial charge in [-0.3, -0.25) is 0 Å². The molecule has 1 aromatic carbocycles. The zero-order valence-corrected chi connectivity index (χ0v) is 21.1. The van der Waals surface area contributed by atoms with E-state index in [4.69, 9.17) is 0 Å². The molecular formula is C28H35FN6O. The number of fused-ring (bicyclic) bond motifs is 1. The molecule has 2 aromatic rings. The van der Waals surface area contributed by atoms with E-state index in [1.165, 1.54) is 5.57 Å². The largest absolute Gasteiger partial charge is 0.363 e. The van der Waals surface area contributed by atoms with Crippen LogP contribution < -0.4 is 16.0 Å². The Balaban J connectivity index is 1.28. The molecule has 0 saturated carbocycles. The highest BCUT2D eigenvalue weighted by Gasteiger charge is 2.29. The van der Waals surface area contributed by atoms with Gasteiger partial charge in [-0.2, -0.15) is 0 Å². The number of carbonyl (C=O) groups excluding carboxylic acids is 1. The third-order valence-corrected chi connectivity index (χ3v) is 7.51. The second-order valence-electron chi connectivity index (χ2n) is 10.2. The number of halogens is 1. The van der Waals surface area contributed by atoms with Crippen LogP contribution in [0.3, 0.4) is 0 Å². The summed E-state index contributed by atoms with van der Waals surface area (Å²) < 4.78 is 14.7. The summed E-state index contributed by atoms with van der Waals surface area (Å²) in [7, 11) is 2.12. The molecule has 1 aromatic heterocycles. The van der Waals surface area contributed by atoms with E-state index in [1.807, 2.05) is 18.2 Å². The molecule has 1 unspecified atom stereocenters. The van der Waals surface area contributed by atoms with Crippen LogP contribution in [0.2, 0.25) is 0 Å². The van der Waals surface area contributed by atoms with Crippen LogP contribution in [-0.2, 0) is 6.42 Å². The molecule has 3 N–H and O–H groups in total. The number of urea groups is 1. The average molecular weight is 491 g/mol. The van der Waals surface area contributed by atoms with Crippen molar-refractivity contribution in [1.29, 1.82) is 0 Å². The van der Waals surface area contributed by atoms with Crippen molar-refractivity contribution in [3.63, 3.8) is 0 Å². The summed E-state index contributed by atoms with van der Waals surface area (Å²) in [4.78, 5) is 20.9. The van der Waals surface area contributed by atoms with E-state index < -0.39 is 0 Å². The predicted octanol–water partition coefficient (Wildman–Crippen LogP) is 4.99. The lowest BCUT2D eigenvalue weighted by atomic mass is 9.89. The molecule has 1 atom stereocenters. The highest BCUT2D eigenvalue weighted by Crippen LogP contribution is 2.37. The molecule has 0 aliphatic carbocycles. The van der Waals surface area contributed by atoms with Crippen molar-refractivity contribution in [3.8, 4) is 0 Å². The molecule has 5 rings (SSSR count). The molecule has 0 spiro atoms. The third kappa shape index (κ3) is 5.23. The number of carbonyl (C=O) groups is 1. The molecule has 36 heavy (non-hydrogen) atoms. The number of allylic oxidation sites excluding steroid dienone is 1. The van der Waals surface area contributed by atoms with Crippen molar-refractivity contribution in [2.45, 2.75) is 44.6 Å². The van der Waals surface area contributed by atoms with Crippen molar-refractivity contribution in [1.82, 2.24) is 20.1 Å². The SMILES string of the molecule is C=C(C)NC(=O)N1CC=C(C2Cc3c(Nc4ccc(F)c(C5CCN(C)CC5)c4)ccnc3N2)CC1. The van der Waals surface area contributed by atoms with Gasteiger partial charge in [-0.05, 0) is 87.6 Å². The van der Waals surface area contributed by atoms with Gasteiger partial charge in [0, 0.05) is 48.3 Å². The van der Waals surface area contributed by atoms with Crippen molar-refractivity contribution >= 4 is 23.2 Å². The summed E-state index contributed by atoms with van der Waals surface area (Å²) in [5, 5.41) is 9.88. The van der Waals surface area contributed by atoms with E-state index in [0.717, 1.165) is 67.1 Å². The van der Waals surface area contributed by atoms with Crippen molar-refractivity contribution < 1.29 is 9.18 Å². The molecule has 3 aliphatic heterocycles. The number of pyridine rings is 1. The zero-order chi connectivity index (χ0) is 25.2. The second kappa shape index (κ2) is 10.3. The Hall–Kier alpha value is -3.39. The lowest BCUT2D eigenvalue weighted by Crippen LogP contribution is -2.42. The summed E-state index contributed by atoms with van der Waals surface area (Å²) in [5.41, 5.74) is 5.78. The summed E-state index contributed by atoms with van der Waals surface area (Å²) in [5.74, 6) is 1.02. The third-order valence-electron chi connectivity index (χ3n) is 7.51. The summed E-state index contributed by atoms with van der Waals surface area (Å²) in [6, 6.07) is 7.42. The number of nitrogens with zero attached hydrogens (tertiary/aromatic N) is 3. The molecule has 3 aliphatic rings. The summed E-state index contributed by atoms with van der Waals surface area (Å²) in [6.07, 6.45) is 7.54. The van der Waals surface area contributed by atoms with E-state index in [9.17, 15) is 9.18 Å². The number of aromatic nitrogens is 1. The number of hydrogen-bond donors (Lipinski definition) is 3. The lowest BCUT2D eigenvalue weighted by Gasteiger charge is -2.29. The number of nitrogens with one attached hydrogen (secondary N) is 3. The van der Waals surface area contributed by atoms with Crippen LogP contribution >= 0.6 is 0 Å². The number of rotatable bonds is 5. The van der Waals surface area contributed by atoms with E-state index in [0.29, 0.717) is 18.8 Å². The number of piperidine rings is 1. The van der Waals surface area contributed by atoms with Gasteiger partial charge in [0.25, 0.3) is 0 Å². The van der Waals surface area contributed by atoms with E-state index in [2.05, 4.69) is 45.5 Å². The first-order valence-corrected chi connectivity index (χ1v) is 12.8. The standard InChI is InChI=1S/C28H35FN6O/c1-18(2)31-28(36)35-14-9-20(10-15-35)26-17-23-25(6-11-30-27(23)33-26)32-21-4-5-24(29)22(16-21)19-7-12-34(3)13-8-19/h4-6,9,11,16,19,26H,1,7-8,10,12-15,17H2,2-3H3,(H,31,36)(H2,30,32,33). The normalized spacial score (nSPS) is 20.4. The van der Waals surface area contributed by atoms with Gasteiger partial charge < -0.3 is 25.8 Å². The molecule has 0 bridgehead atoms. The monoisotopic (exact) mass is 490 g/mol. The maximum absolute atomic E-state index is 14.7. The molecule has 7 nitrogen and oxygen atoms in total. The van der Waals surface area contributed by atoms with Crippen LogP contribution in [0.5, 0.6) is 0 Å². The van der Waals surface area contributed by atoms with Crippen LogP contribution in [0.1, 0.15) is 43.2 Å². The Morgan fingerprint density at radius 2 is 2.03 bits per heavy atom. The van der Waals surface area contributed by atoms with Gasteiger partial charge in [-0.1, -0.05) is 12.7 Å². The van der Waals surface area contributed by atoms with Gasteiger partial charge in [0.15, 0.2) is 0 Å². The Kier molecular flexibility index (Phi) is 6.96. The van der Waals surface area contributed by atoms with Gasteiger partial charge in [0.05, 0.1) is 6.04 Å². The molecule has 1 saturated heterocycles. The topological polar surface area (TPSA) is 72.5 Å². The molecule has 8 heteroatoms. The Morgan fingerprint density at radius 1 is 1.22 bits per heavy atom. The fourth-order valence-corrected chi connectivity index (χ4v) is 5.44. The van der Waals surface area contributed by atoms with E-state index >= 15 is 0 Å². The molecule has 0 radical (unpaired) electrons. The molecule has 1 fully saturated rings. The van der Waals surface area contributed by atoms with Crippen molar-refractivity contribution in [3.05, 3.63) is 71.3 Å². The van der Waals surface area contributed by atoms with Gasteiger partial charge in [0.2, 0.25) is 0 Å². The number of benzene rings is 1. The maximum atomic E-state index is 14.7. The van der Waals surface area contributed by atoms with Gasteiger partial charge in [-0.15, -0.1) is 0 Å². The number of hydrogen-bond acceptors (Lipinski definition) is 5. The fourth-order valence-electron chi connectivity index (χ4n) is 5.44. The first-order valence-electron chi connectivity index (χ1n) is 12.8. The van der Waals surface area contributed by atoms with Crippen LogP contribution in [0, 0.1) is 5.82 Å². The highest BCUT2D eigenvalue weighted by molar-refractivity contribution is 5.76. The van der Waals surface area contributed by atoms with Crippen molar-refractivity contribution in [2.24, 2.45) is 0 Å². The van der Waals surface area contributed by atoms with E-state index in [-0.39, 0.29) is 23.8 Å². The second-order valence-corrected chi connectivity index (χ2v) is 10.2. The quantitative estimate of drug-likeness (QED) is 0.516. The van der Waals surface area contributed by atoms with Gasteiger partial charge >= 0.3 is 6.03 Å². The maximum Gasteiger partial charge on any atom is 0.321 e. The molecule has 4 heterocycles. The van der Waals surface area contributed by atoms with Crippen molar-refractivity contribution in [2.75, 3.05) is 43.9 Å². The predicted molar refractivity (Wildman–Crippen MR) is 142 cm³/mol. The van der Waals surface area contributed by atoms with Crippen LogP contribution in [0.4, 0.5) is 26.4 Å². The zero-order valence-electron chi connectivity index (χ0n) is 21.1. The summed E-state index contributed by atoms with van der Waals surface area (Å²) >= 11 is 0. The molecule has 2 amide bonds. The Labute approximate surface area is 212 Å². The first kappa shape index (κ1) is 24.3. The Bertz CT molecular complexity index is 1190. The van der Waals surface area contributed by atoms with Gasteiger partial charge in [0.1, 0.15) is 11.6 Å². The number of anilines is 3. The minimum atomic E-state index is -0.119. The highest BCUT2D eigenvalue weighted by atomic mass is 19.1. The molecular weight excluding hydrogens is 455 g/mol. The fraction of sp³-hybridized carbons (Fsp3) is 0.429. The first-order chi connectivity index (χ1) is 17.4. The lowest BCUT2D eigenvalue weighted by molar-refractivity contribution is 0.204. The van der Waals surface area contributed by atoms with E-state index in [1.54, 1.807) is 24.1 Å². The van der Waals surface area contributed by atoms with Crippen LogP contribution in [0.15, 0.2) is 54.4 Å². The minimum Gasteiger partial charge on any atom is -0.363 e. The number of likely N-dealkylation sites (tertiary alicyclic amines) is 1. The smallest absolute Gasteiger partial charge is 0.321 e. The van der Waals surface area contributed by atoms with Crippen LogP contribution in [-0.4, -0.2) is 60.1 Å². The van der Waals surface area contributed by atoms with Gasteiger partial charge in [-0.25, -0.2) is 14.2 Å². The number of amides is 2. The van der Waals surface area contributed by atoms with Crippen LogP contribution in [0.25, 0.3) is 0 Å². The molecule has 190 valence electrons. The Morgan fingerprint density at radius 3 is 2.75 bits per heavy atom.